The number of piperazine rings is 1. The third-order valence-corrected chi connectivity index (χ3v) is 6.02. The summed E-state index contributed by atoms with van der Waals surface area (Å²) in [5, 5.41) is 11.1. The number of cyclic esters (lactones) is 1. The average molecular weight is 431 g/mol. The molecule has 2 aliphatic rings. The maximum Gasteiger partial charge on any atom is 0.414 e. The van der Waals surface area contributed by atoms with Gasteiger partial charge in [-0.05, 0) is 35.7 Å². The van der Waals surface area contributed by atoms with Gasteiger partial charge in [-0.3, -0.25) is 9.69 Å². The van der Waals surface area contributed by atoms with Crippen LogP contribution < -0.4 is 9.80 Å². The zero-order valence-corrected chi connectivity index (χ0v) is 17.1. The van der Waals surface area contributed by atoms with E-state index in [0.29, 0.717) is 37.6 Å². The molecular formula is C21H22FN3O4S. The van der Waals surface area contributed by atoms with Crippen LogP contribution in [-0.2, 0) is 9.53 Å². The van der Waals surface area contributed by atoms with E-state index in [-0.39, 0.29) is 19.1 Å². The normalized spacial score (nSPS) is 19.6. The Bertz CT molecular complexity index is 942. The molecule has 0 saturated carbocycles. The van der Waals surface area contributed by atoms with E-state index in [9.17, 15) is 14.0 Å². The number of ether oxygens (including phenoxy) is 1. The second-order valence-electron chi connectivity index (χ2n) is 7.10. The predicted molar refractivity (Wildman–Crippen MR) is 113 cm³/mol. The van der Waals surface area contributed by atoms with E-state index in [2.05, 4.69) is 0 Å². The van der Waals surface area contributed by atoms with Gasteiger partial charge in [0.15, 0.2) is 0 Å². The number of amides is 2. The standard InChI is InChI=1S/C21H22FN3O4S/c22-18-12-15(25-13-16(14-26)29-21(25)28)3-5-19(18)23-7-9-24(10-8-23)20(27)6-4-17-2-1-11-30-17/h1-6,11-12,16,26H,7-10,13-14H2/b6-4+/t16-/m1/s1. The molecule has 1 atom stereocenters. The summed E-state index contributed by atoms with van der Waals surface area (Å²) in [7, 11) is 0. The van der Waals surface area contributed by atoms with Gasteiger partial charge in [0.1, 0.15) is 11.9 Å². The summed E-state index contributed by atoms with van der Waals surface area (Å²) in [4.78, 5) is 30.2. The van der Waals surface area contributed by atoms with Crippen molar-refractivity contribution < 1.29 is 23.8 Å². The summed E-state index contributed by atoms with van der Waals surface area (Å²) < 4.78 is 19.8. The van der Waals surface area contributed by atoms with E-state index in [1.165, 1.54) is 11.0 Å². The minimum Gasteiger partial charge on any atom is -0.441 e. The summed E-state index contributed by atoms with van der Waals surface area (Å²) in [5.74, 6) is -0.491. The van der Waals surface area contributed by atoms with Crippen molar-refractivity contribution in [3.05, 3.63) is 52.5 Å². The Labute approximate surface area is 177 Å². The van der Waals surface area contributed by atoms with Gasteiger partial charge in [-0.15, -0.1) is 11.3 Å². The van der Waals surface area contributed by atoms with Crippen molar-refractivity contribution >= 4 is 40.8 Å². The van der Waals surface area contributed by atoms with E-state index in [1.54, 1.807) is 34.4 Å². The minimum absolute atomic E-state index is 0.0511. The van der Waals surface area contributed by atoms with Crippen LogP contribution in [0.1, 0.15) is 4.88 Å². The quantitative estimate of drug-likeness (QED) is 0.737. The summed E-state index contributed by atoms with van der Waals surface area (Å²) in [6.45, 7) is 1.97. The third-order valence-electron chi connectivity index (χ3n) is 5.19. The lowest BCUT2D eigenvalue weighted by Gasteiger charge is -2.36. The molecule has 2 saturated heterocycles. The minimum atomic E-state index is -0.597. The van der Waals surface area contributed by atoms with Gasteiger partial charge in [0.25, 0.3) is 0 Å². The Kier molecular flexibility index (Phi) is 6.01. The average Bonchev–Trinajstić information content (AvgIpc) is 3.41. The van der Waals surface area contributed by atoms with Gasteiger partial charge in [-0.1, -0.05) is 6.07 Å². The van der Waals surface area contributed by atoms with Crippen LogP contribution in [0.4, 0.5) is 20.6 Å². The first-order valence-electron chi connectivity index (χ1n) is 9.69. The molecule has 1 aromatic carbocycles. The van der Waals surface area contributed by atoms with Crippen LogP contribution in [0.3, 0.4) is 0 Å². The highest BCUT2D eigenvalue weighted by Gasteiger charge is 2.32. The van der Waals surface area contributed by atoms with Gasteiger partial charge in [0.05, 0.1) is 24.5 Å². The van der Waals surface area contributed by atoms with Gasteiger partial charge in [0, 0.05) is 37.1 Å². The molecule has 1 aromatic heterocycles. The zero-order chi connectivity index (χ0) is 21.1. The highest BCUT2D eigenvalue weighted by Crippen LogP contribution is 2.28. The van der Waals surface area contributed by atoms with Crippen LogP contribution in [0.5, 0.6) is 0 Å². The molecule has 4 rings (SSSR count). The molecule has 2 amide bonds. The molecule has 9 heteroatoms. The number of halogens is 1. The molecule has 1 N–H and O–H groups in total. The number of hydrogen-bond donors (Lipinski definition) is 1. The van der Waals surface area contributed by atoms with Crippen molar-refractivity contribution in [3.63, 3.8) is 0 Å². The van der Waals surface area contributed by atoms with Crippen molar-refractivity contribution in [2.24, 2.45) is 0 Å². The van der Waals surface area contributed by atoms with Crippen LogP contribution in [0, 0.1) is 5.82 Å². The maximum absolute atomic E-state index is 14.8. The Morgan fingerprint density at radius 1 is 1.27 bits per heavy atom. The molecular weight excluding hydrogens is 409 g/mol. The Balaban J connectivity index is 1.36. The fourth-order valence-corrected chi connectivity index (χ4v) is 4.18. The number of rotatable bonds is 5. The highest BCUT2D eigenvalue weighted by molar-refractivity contribution is 7.10. The number of aliphatic hydroxyl groups is 1. The van der Waals surface area contributed by atoms with Crippen LogP contribution in [-0.4, -0.2) is 67.4 Å². The molecule has 0 unspecified atom stereocenters. The Hall–Kier alpha value is -2.91. The van der Waals surface area contributed by atoms with Gasteiger partial charge < -0.3 is 19.6 Å². The zero-order valence-electron chi connectivity index (χ0n) is 16.2. The number of aliphatic hydroxyl groups excluding tert-OH is 1. The maximum atomic E-state index is 14.8. The second kappa shape index (κ2) is 8.85. The van der Waals surface area contributed by atoms with Gasteiger partial charge >= 0.3 is 6.09 Å². The van der Waals surface area contributed by atoms with Crippen molar-refractivity contribution in [3.8, 4) is 0 Å². The van der Waals surface area contributed by atoms with Crippen molar-refractivity contribution in [2.75, 3.05) is 49.1 Å². The van der Waals surface area contributed by atoms with Gasteiger partial charge in [-0.25, -0.2) is 9.18 Å². The van der Waals surface area contributed by atoms with Crippen LogP contribution in [0.2, 0.25) is 0 Å². The molecule has 0 bridgehead atoms. The molecule has 7 nitrogen and oxygen atoms in total. The summed E-state index contributed by atoms with van der Waals surface area (Å²) >= 11 is 1.57. The summed E-state index contributed by atoms with van der Waals surface area (Å²) in [6, 6.07) is 8.49. The number of anilines is 2. The number of benzene rings is 1. The molecule has 3 heterocycles. The first-order chi connectivity index (χ1) is 14.5. The second-order valence-corrected chi connectivity index (χ2v) is 8.08. The number of nitrogens with zero attached hydrogens (tertiary/aromatic N) is 3. The van der Waals surface area contributed by atoms with Crippen molar-refractivity contribution in [2.45, 2.75) is 6.10 Å². The number of thiophene rings is 1. The highest BCUT2D eigenvalue weighted by atomic mass is 32.1. The molecule has 158 valence electrons. The molecule has 0 spiro atoms. The molecule has 30 heavy (non-hydrogen) atoms. The summed E-state index contributed by atoms with van der Waals surface area (Å²) in [6.07, 6.45) is 2.19. The van der Waals surface area contributed by atoms with Crippen molar-refractivity contribution in [1.82, 2.24) is 4.90 Å². The molecule has 2 aliphatic heterocycles. The first-order valence-corrected chi connectivity index (χ1v) is 10.6. The Morgan fingerprint density at radius 3 is 2.70 bits per heavy atom. The molecule has 2 aromatic rings. The largest absolute Gasteiger partial charge is 0.441 e. The first kappa shape index (κ1) is 20.4. The van der Waals surface area contributed by atoms with Crippen LogP contribution in [0.25, 0.3) is 6.08 Å². The van der Waals surface area contributed by atoms with Gasteiger partial charge in [0.2, 0.25) is 5.91 Å². The van der Waals surface area contributed by atoms with Crippen LogP contribution in [0.15, 0.2) is 41.8 Å². The van der Waals surface area contributed by atoms with E-state index in [4.69, 9.17) is 9.84 Å². The molecule has 0 aliphatic carbocycles. The monoisotopic (exact) mass is 431 g/mol. The lowest BCUT2D eigenvalue weighted by Crippen LogP contribution is -2.48. The molecule has 0 radical (unpaired) electrons. The smallest absolute Gasteiger partial charge is 0.414 e. The van der Waals surface area contributed by atoms with Crippen molar-refractivity contribution in [1.29, 1.82) is 0 Å². The summed E-state index contributed by atoms with van der Waals surface area (Å²) in [5.41, 5.74) is 0.830. The number of carbonyl (C=O) groups is 2. The molecule has 2 fully saturated rings. The lowest BCUT2D eigenvalue weighted by atomic mass is 10.2. The predicted octanol–water partition coefficient (Wildman–Crippen LogP) is 2.57. The lowest BCUT2D eigenvalue weighted by molar-refractivity contribution is -0.126. The SMILES string of the molecule is O=C(/C=C/c1cccs1)N1CCN(c2ccc(N3C[C@H](CO)OC3=O)cc2F)CC1. The van der Waals surface area contributed by atoms with Gasteiger partial charge in [-0.2, -0.15) is 0 Å². The third kappa shape index (κ3) is 4.31. The fraction of sp³-hybridized carbons (Fsp3) is 0.333. The number of hydrogen-bond acceptors (Lipinski definition) is 6. The fourth-order valence-electron chi connectivity index (χ4n) is 3.56. The van der Waals surface area contributed by atoms with Crippen LogP contribution >= 0.6 is 11.3 Å². The van der Waals surface area contributed by atoms with E-state index >= 15 is 0 Å². The number of carbonyl (C=O) groups excluding carboxylic acids is 2. The van der Waals surface area contributed by atoms with E-state index < -0.39 is 18.0 Å². The van der Waals surface area contributed by atoms with E-state index in [0.717, 1.165) is 4.88 Å². The Morgan fingerprint density at radius 2 is 2.07 bits per heavy atom. The van der Waals surface area contributed by atoms with E-state index in [1.807, 2.05) is 28.5 Å². The topological polar surface area (TPSA) is 73.3 Å².